The van der Waals surface area contributed by atoms with Crippen molar-refractivity contribution in [3.63, 3.8) is 0 Å². The molecular formula is C22H20ClFN6O2. The van der Waals surface area contributed by atoms with Crippen LogP contribution in [0.1, 0.15) is 18.0 Å². The molecule has 32 heavy (non-hydrogen) atoms. The van der Waals surface area contributed by atoms with Crippen LogP contribution in [-0.4, -0.2) is 41.9 Å². The number of aliphatic hydroxyl groups is 2. The van der Waals surface area contributed by atoms with Gasteiger partial charge in [-0.1, -0.05) is 17.7 Å². The fraction of sp³-hybridized carbons (Fsp3) is 0.227. The highest BCUT2D eigenvalue weighted by Gasteiger charge is 2.36. The minimum Gasteiger partial charge on any atom is -0.388 e. The molecule has 0 radical (unpaired) electrons. The van der Waals surface area contributed by atoms with Crippen molar-refractivity contribution in [3.05, 3.63) is 64.8 Å². The highest BCUT2D eigenvalue weighted by Crippen LogP contribution is 2.35. The number of rotatable bonds is 4. The highest BCUT2D eigenvalue weighted by atomic mass is 35.5. The van der Waals surface area contributed by atoms with E-state index < -0.39 is 24.1 Å². The van der Waals surface area contributed by atoms with Gasteiger partial charge in [0, 0.05) is 11.6 Å². The largest absolute Gasteiger partial charge is 0.388 e. The summed E-state index contributed by atoms with van der Waals surface area (Å²) in [5.74, 6) is 0.0423. The van der Waals surface area contributed by atoms with Gasteiger partial charge in [-0.25, -0.2) is 19.3 Å². The van der Waals surface area contributed by atoms with Crippen molar-refractivity contribution < 1.29 is 14.6 Å². The van der Waals surface area contributed by atoms with Crippen LogP contribution < -0.4 is 11.5 Å². The van der Waals surface area contributed by atoms with Gasteiger partial charge in [0.25, 0.3) is 0 Å². The van der Waals surface area contributed by atoms with Crippen LogP contribution in [0, 0.1) is 5.82 Å². The third-order valence-corrected chi connectivity index (χ3v) is 6.23. The molecule has 0 saturated carbocycles. The summed E-state index contributed by atoms with van der Waals surface area (Å²) in [6.07, 6.45) is 3.72. The number of aliphatic hydroxyl groups excluding tert-OH is 2. The van der Waals surface area contributed by atoms with Gasteiger partial charge in [0.15, 0.2) is 0 Å². The number of pyridine rings is 1. The minimum absolute atomic E-state index is 0.138. The van der Waals surface area contributed by atoms with Crippen molar-refractivity contribution in [2.75, 3.05) is 11.5 Å². The van der Waals surface area contributed by atoms with Crippen LogP contribution in [0.4, 0.5) is 16.0 Å². The van der Waals surface area contributed by atoms with E-state index in [0.29, 0.717) is 51.7 Å². The Hall–Kier alpha value is -3.27. The number of fused-ring (bicyclic) bond motifs is 2. The van der Waals surface area contributed by atoms with E-state index in [0.717, 1.165) is 0 Å². The van der Waals surface area contributed by atoms with Gasteiger partial charge in [0.1, 0.15) is 41.6 Å². The molecule has 10 heteroatoms. The molecule has 3 aromatic heterocycles. The van der Waals surface area contributed by atoms with Crippen LogP contribution in [0.2, 0.25) is 5.02 Å². The van der Waals surface area contributed by atoms with Crippen LogP contribution in [0.15, 0.2) is 48.4 Å². The minimum atomic E-state index is -1.05. The number of aryl methyl sites for hydroxylation is 1. The molecule has 0 spiro atoms. The first kappa shape index (κ1) is 20.6. The molecule has 4 aromatic rings. The maximum absolute atomic E-state index is 14.6. The van der Waals surface area contributed by atoms with E-state index in [1.807, 2.05) is 6.08 Å². The van der Waals surface area contributed by atoms with Crippen LogP contribution in [0.25, 0.3) is 21.9 Å². The van der Waals surface area contributed by atoms with Gasteiger partial charge >= 0.3 is 0 Å². The molecular weight excluding hydrogens is 435 g/mol. The topological polar surface area (TPSA) is 136 Å². The quantitative estimate of drug-likeness (QED) is 0.348. The molecule has 0 aliphatic heterocycles. The fourth-order valence-electron chi connectivity index (χ4n) is 4.24. The van der Waals surface area contributed by atoms with Gasteiger partial charge in [-0.15, -0.1) is 0 Å². The lowest BCUT2D eigenvalue weighted by atomic mass is 10.0. The summed E-state index contributed by atoms with van der Waals surface area (Å²) in [4.78, 5) is 12.4. The normalized spacial score (nSPS) is 20.9. The average molecular weight is 455 g/mol. The van der Waals surface area contributed by atoms with Gasteiger partial charge in [-0.3, -0.25) is 0 Å². The Bertz CT molecular complexity index is 1390. The van der Waals surface area contributed by atoms with Gasteiger partial charge in [-0.05, 0) is 48.2 Å². The molecule has 0 fully saturated rings. The van der Waals surface area contributed by atoms with Crippen LogP contribution >= 0.6 is 11.6 Å². The predicted octanol–water partition coefficient (Wildman–Crippen LogP) is 2.77. The molecule has 5 rings (SSSR count). The van der Waals surface area contributed by atoms with E-state index in [4.69, 9.17) is 23.1 Å². The number of nitrogen functional groups attached to an aromatic ring is 2. The number of hydrogen-bond donors (Lipinski definition) is 4. The first-order chi connectivity index (χ1) is 15.3. The zero-order valence-corrected chi connectivity index (χ0v) is 17.5. The van der Waals surface area contributed by atoms with Gasteiger partial charge in [-0.2, -0.15) is 0 Å². The van der Waals surface area contributed by atoms with Gasteiger partial charge in [0.2, 0.25) is 0 Å². The Labute approximate surface area is 187 Å². The number of aromatic nitrogens is 4. The Balaban J connectivity index is 1.42. The lowest BCUT2D eigenvalue weighted by molar-refractivity contribution is 0.0317. The Morgan fingerprint density at radius 3 is 2.69 bits per heavy atom. The first-order valence-electron chi connectivity index (χ1n) is 10.0. The summed E-state index contributed by atoms with van der Waals surface area (Å²) in [6, 6.07) is 5.90. The monoisotopic (exact) mass is 454 g/mol. The Kier molecular flexibility index (Phi) is 4.96. The number of anilines is 2. The summed E-state index contributed by atoms with van der Waals surface area (Å²) < 4.78 is 16.3. The lowest BCUT2D eigenvalue weighted by Crippen LogP contribution is -2.29. The Morgan fingerprint density at radius 2 is 1.88 bits per heavy atom. The maximum atomic E-state index is 14.6. The van der Waals surface area contributed by atoms with Crippen molar-refractivity contribution in [3.8, 4) is 0 Å². The molecule has 3 heterocycles. The number of halogens is 2. The molecule has 164 valence electrons. The average Bonchev–Trinajstić information content (AvgIpc) is 3.31. The van der Waals surface area contributed by atoms with Gasteiger partial charge in [0.05, 0.1) is 22.0 Å². The second-order valence-corrected chi connectivity index (χ2v) is 8.29. The Morgan fingerprint density at radius 1 is 1.06 bits per heavy atom. The molecule has 1 aromatic carbocycles. The molecule has 0 amide bonds. The second-order valence-electron chi connectivity index (χ2n) is 7.89. The third kappa shape index (κ3) is 3.35. The number of nitrogens with zero attached hydrogens (tertiary/aromatic N) is 4. The van der Waals surface area contributed by atoms with E-state index in [1.54, 1.807) is 22.9 Å². The number of nitrogens with two attached hydrogens (primary N) is 2. The van der Waals surface area contributed by atoms with E-state index in [9.17, 15) is 14.6 Å². The smallest absolute Gasteiger partial charge is 0.146 e. The van der Waals surface area contributed by atoms with Crippen molar-refractivity contribution in [2.45, 2.75) is 31.1 Å². The summed E-state index contributed by atoms with van der Waals surface area (Å²) in [7, 11) is 0. The van der Waals surface area contributed by atoms with Crippen LogP contribution in [-0.2, 0) is 6.42 Å². The maximum Gasteiger partial charge on any atom is 0.146 e. The van der Waals surface area contributed by atoms with Crippen molar-refractivity contribution >= 4 is 45.2 Å². The SMILES string of the molecule is Nc1nc2cc(CCC3=C[C@@H](n4ccc5c(N)ncnc54)[C@H](O)[C@@H]3O)cc(F)c2cc1Cl. The molecule has 0 saturated heterocycles. The molecule has 1 aliphatic carbocycles. The van der Waals surface area contributed by atoms with Crippen LogP contribution in [0.5, 0.6) is 0 Å². The third-order valence-electron chi connectivity index (χ3n) is 5.93. The highest BCUT2D eigenvalue weighted by molar-refractivity contribution is 6.33. The van der Waals surface area contributed by atoms with Crippen LogP contribution in [0.3, 0.4) is 0 Å². The standard InChI is InChI=1S/C22H20ClFN6O2/c23-14-8-13-15(24)5-10(6-16(13)29-21(14)26)1-2-11-7-17(19(32)18(11)31)30-4-3-12-20(25)27-9-28-22(12)30/h3-9,17-19,31-32H,1-2H2,(H2,26,29)(H2,25,27,28)/t17-,18-,19+/m1/s1. The summed E-state index contributed by atoms with van der Waals surface area (Å²) in [5.41, 5.74) is 14.0. The van der Waals surface area contributed by atoms with E-state index >= 15 is 0 Å². The molecule has 8 nitrogen and oxygen atoms in total. The van der Waals surface area contributed by atoms with E-state index in [2.05, 4.69) is 15.0 Å². The number of benzene rings is 1. The zero-order chi connectivity index (χ0) is 22.6. The summed E-state index contributed by atoms with van der Waals surface area (Å²) >= 11 is 5.95. The molecule has 3 atom stereocenters. The van der Waals surface area contributed by atoms with Crippen molar-refractivity contribution in [1.29, 1.82) is 0 Å². The summed E-state index contributed by atoms with van der Waals surface area (Å²) in [5, 5.41) is 22.5. The lowest BCUT2D eigenvalue weighted by Gasteiger charge is -2.19. The van der Waals surface area contributed by atoms with Crippen molar-refractivity contribution in [1.82, 2.24) is 19.5 Å². The predicted molar refractivity (Wildman–Crippen MR) is 121 cm³/mol. The number of hydrogen-bond acceptors (Lipinski definition) is 7. The fourth-order valence-corrected chi connectivity index (χ4v) is 4.39. The van der Waals surface area contributed by atoms with Gasteiger partial charge < -0.3 is 26.2 Å². The molecule has 0 unspecified atom stereocenters. The zero-order valence-electron chi connectivity index (χ0n) is 16.8. The first-order valence-corrected chi connectivity index (χ1v) is 10.4. The second kappa shape index (κ2) is 7.70. The molecule has 6 N–H and O–H groups in total. The van der Waals surface area contributed by atoms with Crippen molar-refractivity contribution in [2.24, 2.45) is 0 Å². The van der Waals surface area contributed by atoms with E-state index in [1.165, 1.54) is 18.5 Å². The molecule has 1 aliphatic rings. The van der Waals surface area contributed by atoms with E-state index in [-0.39, 0.29) is 10.8 Å². The summed E-state index contributed by atoms with van der Waals surface area (Å²) in [6.45, 7) is 0. The molecule has 0 bridgehead atoms.